The van der Waals surface area contributed by atoms with Gasteiger partial charge in [0.15, 0.2) is 5.82 Å². The Bertz CT molecular complexity index is 630. The summed E-state index contributed by atoms with van der Waals surface area (Å²) in [5.74, 6) is 1.40. The van der Waals surface area contributed by atoms with Crippen molar-refractivity contribution in [1.82, 2.24) is 9.97 Å². The third-order valence-electron chi connectivity index (χ3n) is 2.82. The zero-order valence-corrected chi connectivity index (χ0v) is 11.6. The summed E-state index contributed by atoms with van der Waals surface area (Å²) >= 11 is 0. The molecule has 0 unspecified atom stereocenters. The zero-order chi connectivity index (χ0) is 14.4. The molecular formula is C15H17N5. The second-order valence-corrected chi connectivity index (χ2v) is 4.48. The highest BCUT2D eigenvalue weighted by atomic mass is 15.1. The van der Waals surface area contributed by atoms with Crippen LogP contribution in [-0.2, 0) is 0 Å². The molecule has 20 heavy (non-hydrogen) atoms. The first-order valence-electron chi connectivity index (χ1n) is 6.56. The Kier molecular flexibility index (Phi) is 4.51. The Hall–Kier alpha value is -2.61. The van der Waals surface area contributed by atoms with E-state index < -0.39 is 0 Å². The van der Waals surface area contributed by atoms with E-state index in [0.717, 1.165) is 30.0 Å². The second-order valence-electron chi connectivity index (χ2n) is 4.48. The average Bonchev–Trinajstić information content (AvgIpc) is 2.48. The van der Waals surface area contributed by atoms with E-state index in [-0.39, 0.29) is 0 Å². The van der Waals surface area contributed by atoms with Gasteiger partial charge < -0.3 is 10.6 Å². The standard InChI is InChI=1S/C15H17N5/c1-3-6-18-14-9-17-10-15(20-14)19-13-7-12(8-16)5-4-11(13)2/h4-5,7,9-10H,3,6H2,1-2H3,(H2,18,19,20). The van der Waals surface area contributed by atoms with E-state index >= 15 is 0 Å². The van der Waals surface area contributed by atoms with Crippen LogP contribution in [0, 0.1) is 18.3 Å². The van der Waals surface area contributed by atoms with Crippen molar-refractivity contribution in [2.75, 3.05) is 17.2 Å². The van der Waals surface area contributed by atoms with Gasteiger partial charge in [0, 0.05) is 12.2 Å². The first-order valence-corrected chi connectivity index (χ1v) is 6.56. The number of rotatable bonds is 5. The van der Waals surface area contributed by atoms with Crippen LogP contribution in [0.15, 0.2) is 30.6 Å². The Labute approximate surface area is 118 Å². The molecule has 0 aliphatic carbocycles. The molecule has 0 aliphatic rings. The van der Waals surface area contributed by atoms with Crippen molar-refractivity contribution in [2.24, 2.45) is 0 Å². The molecule has 0 spiro atoms. The topological polar surface area (TPSA) is 73.6 Å². The van der Waals surface area contributed by atoms with Gasteiger partial charge in [-0.15, -0.1) is 0 Å². The summed E-state index contributed by atoms with van der Waals surface area (Å²) in [6.45, 7) is 4.94. The van der Waals surface area contributed by atoms with Gasteiger partial charge in [0.05, 0.1) is 24.0 Å². The normalized spacial score (nSPS) is 9.85. The van der Waals surface area contributed by atoms with Crippen LogP contribution in [0.5, 0.6) is 0 Å². The second kappa shape index (κ2) is 6.53. The van der Waals surface area contributed by atoms with E-state index in [9.17, 15) is 0 Å². The highest BCUT2D eigenvalue weighted by Crippen LogP contribution is 2.20. The molecule has 0 atom stereocenters. The molecule has 1 heterocycles. The molecule has 5 nitrogen and oxygen atoms in total. The van der Waals surface area contributed by atoms with E-state index in [1.807, 2.05) is 19.1 Å². The van der Waals surface area contributed by atoms with Gasteiger partial charge >= 0.3 is 0 Å². The molecule has 1 aromatic carbocycles. The van der Waals surface area contributed by atoms with Crippen LogP contribution >= 0.6 is 0 Å². The minimum atomic E-state index is 0.617. The Morgan fingerprint density at radius 2 is 2.05 bits per heavy atom. The fraction of sp³-hybridized carbons (Fsp3) is 0.267. The number of hydrogen-bond donors (Lipinski definition) is 2. The molecule has 0 fully saturated rings. The monoisotopic (exact) mass is 267 g/mol. The van der Waals surface area contributed by atoms with Crippen LogP contribution in [0.1, 0.15) is 24.5 Å². The van der Waals surface area contributed by atoms with Gasteiger partial charge in [0.25, 0.3) is 0 Å². The zero-order valence-electron chi connectivity index (χ0n) is 11.6. The lowest BCUT2D eigenvalue weighted by molar-refractivity contribution is 0.965. The minimum Gasteiger partial charge on any atom is -0.369 e. The van der Waals surface area contributed by atoms with Crippen molar-refractivity contribution < 1.29 is 0 Å². The number of nitrogens with one attached hydrogen (secondary N) is 2. The van der Waals surface area contributed by atoms with E-state index in [4.69, 9.17) is 5.26 Å². The minimum absolute atomic E-state index is 0.617. The predicted molar refractivity (Wildman–Crippen MR) is 80.0 cm³/mol. The molecule has 0 radical (unpaired) electrons. The Morgan fingerprint density at radius 1 is 1.25 bits per heavy atom. The molecule has 5 heteroatoms. The van der Waals surface area contributed by atoms with Gasteiger partial charge in [-0.1, -0.05) is 13.0 Å². The van der Waals surface area contributed by atoms with E-state index in [0.29, 0.717) is 11.4 Å². The molecule has 1 aromatic heterocycles. The Balaban J connectivity index is 2.19. The number of hydrogen-bond acceptors (Lipinski definition) is 5. The van der Waals surface area contributed by atoms with Crippen molar-refractivity contribution in [1.29, 1.82) is 5.26 Å². The van der Waals surface area contributed by atoms with E-state index in [1.54, 1.807) is 18.5 Å². The Morgan fingerprint density at radius 3 is 2.80 bits per heavy atom. The maximum Gasteiger partial charge on any atom is 0.151 e. The lowest BCUT2D eigenvalue weighted by Gasteiger charge is -2.10. The van der Waals surface area contributed by atoms with Gasteiger partial charge in [0.1, 0.15) is 5.82 Å². The van der Waals surface area contributed by atoms with Crippen molar-refractivity contribution in [2.45, 2.75) is 20.3 Å². The molecule has 2 rings (SSSR count). The third-order valence-corrected chi connectivity index (χ3v) is 2.82. The first-order chi connectivity index (χ1) is 9.72. The van der Waals surface area contributed by atoms with Gasteiger partial charge in [0.2, 0.25) is 0 Å². The molecule has 0 saturated heterocycles. The molecule has 0 bridgehead atoms. The van der Waals surface area contributed by atoms with Gasteiger partial charge in [-0.05, 0) is 31.0 Å². The van der Waals surface area contributed by atoms with Crippen LogP contribution in [0.2, 0.25) is 0 Å². The van der Waals surface area contributed by atoms with Gasteiger partial charge in [-0.25, -0.2) is 4.98 Å². The molecule has 2 N–H and O–H groups in total. The SMILES string of the molecule is CCCNc1cncc(Nc2cc(C#N)ccc2C)n1. The summed E-state index contributed by atoms with van der Waals surface area (Å²) in [5.41, 5.74) is 2.54. The predicted octanol–water partition coefficient (Wildman–Crippen LogP) is 3.22. The summed E-state index contributed by atoms with van der Waals surface area (Å²) < 4.78 is 0. The van der Waals surface area contributed by atoms with Crippen LogP contribution < -0.4 is 10.6 Å². The van der Waals surface area contributed by atoms with Crippen molar-refractivity contribution >= 4 is 17.3 Å². The van der Waals surface area contributed by atoms with Crippen LogP contribution in [-0.4, -0.2) is 16.5 Å². The first kappa shape index (κ1) is 13.8. The van der Waals surface area contributed by atoms with Crippen LogP contribution in [0.3, 0.4) is 0 Å². The number of nitriles is 1. The van der Waals surface area contributed by atoms with Gasteiger partial charge in [-0.2, -0.15) is 5.26 Å². The van der Waals surface area contributed by atoms with E-state index in [1.165, 1.54) is 0 Å². The molecule has 0 aliphatic heterocycles. The highest BCUT2D eigenvalue weighted by Gasteiger charge is 2.03. The van der Waals surface area contributed by atoms with Gasteiger partial charge in [-0.3, -0.25) is 4.98 Å². The summed E-state index contributed by atoms with van der Waals surface area (Å²) in [6, 6.07) is 7.65. The number of benzene rings is 1. The summed E-state index contributed by atoms with van der Waals surface area (Å²) in [6.07, 6.45) is 4.39. The number of aryl methyl sites for hydroxylation is 1. The third kappa shape index (κ3) is 3.45. The lowest BCUT2D eigenvalue weighted by Crippen LogP contribution is -2.04. The quantitative estimate of drug-likeness (QED) is 0.870. The van der Waals surface area contributed by atoms with Crippen molar-refractivity contribution in [3.63, 3.8) is 0 Å². The maximum atomic E-state index is 8.94. The fourth-order valence-electron chi connectivity index (χ4n) is 1.73. The van der Waals surface area contributed by atoms with Crippen LogP contribution in [0.4, 0.5) is 17.3 Å². The highest BCUT2D eigenvalue weighted by molar-refractivity contribution is 5.63. The molecule has 102 valence electrons. The molecular weight excluding hydrogens is 250 g/mol. The van der Waals surface area contributed by atoms with E-state index in [2.05, 4.69) is 33.6 Å². The maximum absolute atomic E-state index is 8.94. The number of nitrogens with zero attached hydrogens (tertiary/aromatic N) is 3. The smallest absolute Gasteiger partial charge is 0.151 e. The fourth-order valence-corrected chi connectivity index (χ4v) is 1.73. The van der Waals surface area contributed by atoms with Crippen molar-refractivity contribution in [3.05, 3.63) is 41.7 Å². The molecule has 0 amide bonds. The summed E-state index contributed by atoms with van der Waals surface area (Å²) in [4.78, 5) is 8.59. The molecule has 0 saturated carbocycles. The molecule has 2 aromatic rings. The number of aromatic nitrogens is 2. The summed E-state index contributed by atoms with van der Waals surface area (Å²) in [7, 11) is 0. The lowest BCUT2D eigenvalue weighted by atomic mass is 10.1. The number of anilines is 3. The van der Waals surface area contributed by atoms with Crippen LogP contribution in [0.25, 0.3) is 0 Å². The summed E-state index contributed by atoms with van der Waals surface area (Å²) in [5, 5.41) is 15.3. The largest absolute Gasteiger partial charge is 0.369 e. The van der Waals surface area contributed by atoms with Crippen molar-refractivity contribution in [3.8, 4) is 6.07 Å². The average molecular weight is 267 g/mol.